The van der Waals surface area contributed by atoms with Crippen molar-refractivity contribution in [1.82, 2.24) is 14.8 Å². The highest BCUT2D eigenvalue weighted by Gasteiger charge is 2.15. The predicted octanol–water partition coefficient (Wildman–Crippen LogP) is 4.50. The third-order valence-electron chi connectivity index (χ3n) is 2.88. The highest BCUT2D eigenvalue weighted by atomic mass is 79.9. The Morgan fingerprint density at radius 3 is 2.60 bits per heavy atom. The highest BCUT2D eigenvalue weighted by Crippen LogP contribution is 2.28. The molecular weight excluding hydrogens is 341 g/mol. The summed E-state index contributed by atoms with van der Waals surface area (Å²) in [7, 11) is 0. The molecule has 3 aromatic rings. The number of aromatic amines is 1. The molecule has 1 heterocycles. The Balaban J connectivity index is 2.27. The van der Waals surface area contributed by atoms with Crippen LogP contribution in [-0.2, 0) is 0 Å². The van der Waals surface area contributed by atoms with Crippen molar-refractivity contribution in [3.8, 4) is 17.1 Å². The first kappa shape index (κ1) is 13.2. The quantitative estimate of drug-likeness (QED) is 0.691. The average molecular weight is 350 g/mol. The van der Waals surface area contributed by atoms with Crippen LogP contribution >= 0.6 is 28.1 Å². The van der Waals surface area contributed by atoms with Crippen molar-refractivity contribution in [3.63, 3.8) is 0 Å². The van der Waals surface area contributed by atoms with Crippen LogP contribution in [0.4, 0.5) is 4.39 Å². The van der Waals surface area contributed by atoms with Crippen molar-refractivity contribution in [3.05, 3.63) is 63.6 Å². The summed E-state index contributed by atoms with van der Waals surface area (Å²) < 4.78 is 16.8. The van der Waals surface area contributed by atoms with Crippen LogP contribution in [0.3, 0.4) is 0 Å². The molecule has 0 bridgehead atoms. The minimum Gasteiger partial charge on any atom is -0.268 e. The molecule has 0 spiro atoms. The van der Waals surface area contributed by atoms with E-state index in [1.807, 2.05) is 30.3 Å². The Hall–Kier alpha value is -1.79. The zero-order valence-corrected chi connectivity index (χ0v) is 12.6. The van der Waals surface area contributed by atoms with Gasteiger partial charge in [-0.1, -0.05) is 24.3 Å². The number of H-pyrrole nitrogens is 1. The number of nitrogens with zero attached hydrogens (tertiary/aromatic N) is 2. The van der Waals surface area contributed by atoms with Crippen LogP contribution in [0.2, 0.25) is 0 Å². The van der Waals surface area contributed by atoms with Gasteiger partial charge in [0.25, 0.3) is 0 Å². The van der Waals surface area contributed by atoms with E-state index in [4.69, 9.17) is 12.2 Å². The summed E-state index contributed by atoms with van der Waals surface area (Å²) in [5.74, 6) is 0.0821. The largest absolute Gasteiger partial charge is 0.268 e. The molecule has 0 fully saturated rings. The molecular formula is C14H9BrFN3S. The molecule has 20 heavy (non-hydrogen) atoms. The van der Waals surface area contributed by atoms with Gasteiger partial charge in [-0.25, -0.2) is 4.39 Å². The second-order valence-electron chi connectivity index (χ2n) is 4.12. The Labute approximate surface area is 128 Å². The van der Waals surface area contributed by atoms with Gasteiger partial charge in [0.15, 0.2) is 10.6 Å². The molecule has 0 radical (unpaired) electrons. The minimum absolute atomic E-state index is 0.362. The van der Waals surface area contributed by atoms with Gasteiger partial charge >= 0.3 is 0 Å². The molecule has 0 saturated carbocycles. The molecule has 3 nitrogen and oxygen atoms in total. The zero-order valence-electron chi connectivity index (χ0n) is 10.2. The van der Waals surface area contributed by atoms with Crippen LogP contribution in [0.15, 0.2) is 53.0 Å². The normalized spacial score (nSPS) is 10.7. The van der Waals surface area contributed by atoms with Crippen LogP contribution < -0.4 is 0 Å². The maximum absolute atomic E-state index is 14.2. The van der Waals surface area contributed by atoms with Crippen molar-refractivity contribution in [2.45, 2.75) is 0 Å². The van der Waals surface area contributed by atoms with Gasteiger partial charge in [0.05, 0.1) is 10.0 Å². The molecule has 0 aliphatic carbocycles. The number of hydrogen-bond donors (Lipinski definition) is 1. The number of hydrogen-bond acceptors (Lipinski definition) is 2. The first-order chi connectivity index (χ1) is 9.68. The Kier molecular flexibility index (Phi) is 3.50. The number of para-hydroxylation sites is 1. The molecule has 2 aromatic carbocycles. The van der Waals surface area contributed by atoms with Crippen molar-refractivity contribution < 1.29 is 4.39 Å². The summed E-state index contributed by atoms with van der Waals surface area (Å²) in [4.78, 5) is 0. The van der Waals surface area contributed by atoms with Crippen LogP contribution in [0.5, 0.6) is 0 Å². The van der Waals surface area contributed by atoms with E-state index in [2.05, 4.69) is 26.1 Å². The van der Waals surface area contributed by atoms with Crippen LogP contribution in [0.25, 0.3) is 17.1 Å². The van der Waals surface area contributed by atoms with E-state index in [0.29, 0.717) is 20.6 Å². The van der Waals surface area contributed by atoms with Gasteiger partial charge in [-0.05, 0) is 52.4 Å². The van der Waals surface area contributed by atoms with Gasteiger partial charge < -0.3 is 0 Å². The van der Waals surface area contributed by atoms with Crippen molar-refractivity contribution in [2.24, 2.45) is 0 Å². The SMILES string of the molecule is Fc1c(Br)cccc1-c1n[nH]c(=S)n1-c1ccccc1. The molecule has 0 unspecified atom stereocenters. The number of benzene rings is 2. The summed E-state index contributed by atoms with van der Waals surface area (Å²) in [6.07, 6.45) is 0. The van der Waals surface area contributed by atoms with Crippen LogP contribution in [0.1, 0.15) is 0 Å². The molecule has 6 heteroatoms. The fraction of sp³-hybridized carbons (Fsp3) is 0. The standard InChI is InChI=1S/C14H9BrFN3S/c15-11-8-4-7-10(12(11)16)13-17-18-14(20)19(13)9-5-2-1-3-6-9/h1-8H,(H,18,20). The van der Waals surface area contributed by atoms with Gasteiger partial charge in [0.2, 0.25) is 0 Å². The molecule has 1 aromatic heterocycles. The lowest BCUT2D eigenvalue weighted by atomic mass is 10.2. The lowest BCUT2D eigenvalue weighted by Gasteiger charge is -2.08. The summed E-state index contributed by atoms with van der Waals surface area (Å²) in [5, 5.41) is 6.86. The summed E-state index contributed by atoms with van der Waals surface area (Å²) in [6.45, 7) is 0. The Morgan fingerprint density at radius 2 is 1.85 bits per heavy atom. The second kappa shape index (κ2) is 5.30. The van der Waals surface area contributed by atoms with Gasteiger partial charge in [-0.2, -0.15) is 5.10 Å². The van der Waals surface area contributed by atoms with Crippen molar-refractivity contribution in [1.29, 1.82) is 0 Å². The smallest absolute Gasteiger partial charge is 0.200 e. The molecule has 0 aliphatic rings. The van der Waals surface area contributed by atoms with E-state index in [0.717, 1.165) is 5.69 Å². The second-order valence-corrected chi connectivity index (χ2v) is 5.37. The molecule has 100 valence electrons. The Bertz CT molecular complexity index is 811. The van der Waals surface area contributed by atoms with E-state index in [9.17, 15) is 4.39 Å². The van der Waals surface area contributed by atoms with Gasteiger partial charge in [0.1, 0.15) is 5.82 Å². The minimum atomic E-state index is -0.362. The van der Waals surface area contributed by atoms with E-state index >= 15 is 0 Å². The lowest BCUT2D eigenvalue weighted by Crippen LogP contribution is -1.99. The molecule has 0 amide bonds. The molecule has 0 saturated heterocycles. The van der Waals surface area contributed by atoms with Crippen LogP contribution in [-0.4, -0.2) is 14.8 Å². The van der Waals surface area contributed by atoms with Gasteiger partial charge in [-0.15, -0.1) is 0 Å². The number of halogens is 2. The highest BCUT2D eigenvalue weighted by molar-refractivity contribution is 9.10. The molecule has 1 N–H and O–H groups in total. The summed E-state index contributed by atoms with van der Waals surface area (Å²) in [6, 6.07) is 14.6. The number of nitrogens with one attached hydrogen (secondary N) is 1. The number of aromatic nitrogens is 3. The molecule has 0 atom stereocenters. The average Bonchev–Trinajstić information content (AvgIpc) is 2.84. The van der Waals surface area contributed by atoms with E-state index in [-0.39, 0.29) is 5.82 Å². The monoisotopic (exact) mass is 349 g/mol. The maximum atomic E-state index is 14.2. The third kappa shape index (κ3) is 2.21. The lowest BCUT2D eigenvalue weighted by molar-refractivity contribution is 0.623. The van der Waals surface area contributed by atoms with Gasteiger partial charge in [0, 0.05) is 5.69 Å². The summed E-state index contributed by atoms with van der Waals surface area (Å²) >= 11 is 8.42. The van der Waals surface area contributed by atoms with Gasteiger partial charge in [-0.3, -0.25) is 9.67 Å². The predicted molar refractivity (Wildman–Crippen MR) is 81.8 cm³/mol. The molecule has 3 rings (SSSR count). The zero-order chi connectivity index (χ0) is 14.1. The third-order valence-corrected chi connectivity index (χ3v) is 3.77. The first-order valence-electron chi connectivity index (χ1n) is 5.85. The van der Waals surface area contributed by atoms with E-state index < -0.39 is 0 Å². The van der Waals surface area contributed by atoms with Crippen molar-refractivity contribution >= 4 is 28.1 Å². The molecule has 0 aliphatic heterocycles. The summed E-state index contributed by atoms with van der Waals surface area (Å²) in [5.41, 5.74) is 1.22. The maximum Gasteiger partial charge on any atom is 0.200 e. The van der Waals surface area contributed by atoms with Crippen LogP contribution in [0, 0.1) is 10.6 Å². The fourth-order valence-corrected chi connectivity index (χ4v) is 2.57. The first-order valence-corrected chi connectivity index (χ1v) is 7.06. The van der Waals surface area contributed by atoms with E-state index in [1.54, 1.807) is 22.8 Å². The Morgan fingerprint density at radius 1 is 1.10 bits per heavy atom. The topological polar surface area (TPSA) is 33.6 Å². The number of rotatable bonds is 2. The van der Waals surface area contributed by atoms with E-state index in [1.165, 1.54) is 0 Å². The van der Waals surface area contributed by atoms with Crippen molar-refractivity contribution in [2.75, 3.05) is 0 Å². The fourth-order valence-electron chi connectivity index (χ4n) is 1.97.